The number of carbonyl (C=O) groups is 1. The molecule has 2 N–H and O–H groups in total. The van der Waals surface area contributed by atoms with Crippen molar-refractivity contribution in [2.75, 3.05) is 7.05 Å². The van der Waals surface area contributed by atoms with E-state index >= 15 is 0 Å². The molecule has 0 fully saturated rings. The highest BCUT2D eigenvalue weighted by Gasteiger charge is 1.78. The Morgan fingerprint density at radius 1 is 1.70 bits per heavy atom. The van der Waals surface area contributed by atoms with E-state index in [2.05, 4.69) is 11.9 Å². The van der Waals surface area contributed by atoms with Gasteiger partial charge in [-0.05, 0) is 19.9 Å². The van der Waals surface area contributed by atoms with Gasteiger partial charge in [-0.3, -0.25) is 4.79 Å². The number of hydrogen-bond acceptors (Lipinski definition) is 2. The average Bonchev–Trinajstić information content (AvgIpc) is 1.85. The molecule has 0 unspecified atom stereocenters. The molecule has 0 aromatic rings. The van der Waals surface area contributed by atoms with Crippen molar-refractivity contribution in [2.24, 2.45) is 0 Å². The van der Waals surface area contributed by atoms with Gasteiger partial charge in [0, 0.05) is 13.2 Å². The zero-order chi connectivity index (χ0) is 8.57. The summed E-state index contributed by atoms with van der Waals surface area (Å²) in [5.74, 6) is -0.144. The SMILES string of the molecule is C=CC(=O)NC.CC(C)O. The van der Waals surface area contributed by atoms with Gasteiger partial charge < -0.3 is 10.4 Å². The molecule has 0 aliphatic heterocycles. The van der Waals surface area contributed by atoms with Crippen molar-refractivity contribution in [1.82, 2.24) is 5.32 Å². The molecule has 0 spiro atoms. The Morgan fingerprint density at radius 2 is 2.00 bits per heavy atom. The number of aliphatic hydroxyl groups is 1. The van der Waals surface area contributed by atoms with Crippen molar-refractivity contribution < 1.29 is 9.90 Å². The molecule has 1 amide bonds. The second-order valence-corrected chi connectivity index (χ2v) is 1.91. The average molecular weight is 145 g/mol. The standard InChI is InChI=1S/C4H7NO.C3H8O/c1-3-4(6)5-2;1-3(2)4/h3H,1H2,2H3,(H,5,6);3-4H,1-2H3. The smallest absolute Gasteiger partial charge is 0.243 e. The van der Waals surface area contributed by atoms with E-state index in [1.54, 1.807) is 20.9 Å². The summed E-state index contributed by atoms with van der Waals surface area (Å²) in [6.07, 6.45) is 1.06. The maximum atomic E-state index is 9.95. The van der Waals surface area contributed by atoms with Crippen molar-refractivity contribution in [3.8, 4) is 0 Å². The van der Waals surface area contributed by atoms with Crippen LogP contribution in [0.25, 0.3) is 0 Å². The van der Waals surface area contributed by atoms with Gasteiger partial charge in [0.05, 0.1) is 0 Å². The first kappa shape index (κ1) is 11.9. The Kier molecular flexibility index (Phi) is 9.73. The number of amides is 1. The fourth-order valence-electron chi connectivity index (χ4n) is 0.102. The molecule has 0 aromatic heterocycles. The first-order valence-electron chi connectivity index (χ1n) is 3.06. The van der Waals surface area contributed by atoms with Gasteiger partial charge in [0.15, 0.2) is 0 Å². The number of rotatable bonds is 1. The summed E-state index contributed by atoms with van der Waals surface area (Å²) >= 11 is 0. The van der Waals surface area contributed by atoms with Crippen LogP contribution >= 0.6 is 0 Å². The van der Waals surface area contributed by atoms with E-state index in [0.717, 1.165) is 0 Å². The minimum Gasteiger partial charge on any atom is -0.394 e. The van der Waals surface area contributed by atoms with E-state index in [0.29, 0.717) is 0 Å². The van der Waals surface area contributed by atoms with Gasteiger partial charge in [-0.1, -0.05) is 6.58 Å². The van der Waals surface area contributed by atoms with Crippen molar-refractivity contribution >= 4 is 5.91 Å². The zero-order valence-corrected chi connectivity index (χ0v) is 6.72. The fraction of sp³-hybridized carbons (Fsp3) is 0.571. The number of hydrogen-bond donors (Lipinski definition) is 2. The van der Waals surface area contributed by atoms with E-state index in [-0.39, 0.29) is 12.0 Å². The Labute approximate surface area is 61.8 Å². The lowest BCUT2D eigenvalue weighted by Gasteiger charge is -1.82. The first-order chi connectivity index (χ1) is 4.54. The van der Waals surface area contributed by atoms with Crippen LogP contribution in [0.2, 0.25) is 0 Å². The molecule has 60 valence electrons. The molecular weight excluding hydrogens is 130 g/mol. The van der Waals surface area contributed by atoms with Crippen LogP contribution in [0.15, 0.2) is 12.7 Å². The van der Waals surface area contributed by atoms with E-state index in [1.165, 1.54) is 6.08 Å². The Morgan fingerprint density at radius 3 is 2.00 bits per heavy atom. The van der Waals surface area contributed by atoms with Crippen LogP contribution in [0.4, 0.5) is 0 Å². The van der Waals surface area contributed by atoms with Crippen LogP contribution in [0.3, 0.4) is 0 Å². The van der Waals surface area contributed by atoms with Gasteiger partial charge in [0.2, 0.25) is 5.91 Å². The van der Waals surface area contributed by atoms with Gasteiger partial charge in [0.25, 0.3) is 0 Å². The van der Waals surface area contributed by atoms with Crippen molar-refractivity contribution in [3.63, 3.8) is 0 Å². The van der Waals surface area contributed by atoms with Crippen molar-refractivity contribution in [3.05, 3.63) is 12.7 Å². The molecule has 0 saturated carbocycles. The predicted molar refractivity (Wildman–Crippen MR) is 41.6 cm³/mol. The van der Waals surface area contributed by atoms with Crippen LogP contribution in [0.1, 0.15) is 13.8 Å². The highest BCUT2D eigenvalue weighted by molar-refractivity contribution is 5.86. The maximum Gasteiger partial charge on any atom is 0.243 e. The van der Waals surface area contributed by atoms with Crippen molar-refractivity contribution in [2.45, 2.75) is 20.0 Å². The Balaban J connectivity index is 0. The van der Waals surface area contributed by atoms with Crippen LogP contribution < -0.4 is 5.32 Å². The molecule has 0 atom stereocenters. The van der Waals surface area contributed by atoms with Gasteiger partial charge in [-0.2, -0.15) is 0 Å². The lowest BCUT2D eigenvalue weighted by atomic mass is 10.5. The lowest BCUT2D eigenvalue weighted by Crippen LogP contribution is -2.13. The molecule has 0 aliphatic carbocycles. The molecule has 0 saturated heterocycles. The molecule has 3 nitrogen and oxygen atoms in total. The summed E-state index contributed by atoms with van der Waals surface area (Å²) < 4.78 is 0. The predicted octanol–water partition coefficient (Wildman–Crippen LogP) is 0.305. The molecule has 10 heavy (non-hydrogen) atoms. The minimum absolute atomic E-state index is 0.144. The van der Waals surface area contributed by atoms with E-state index in [4.69, 9.17) is 5.11 Å². The summed E-state index contributed by atoms with van der Waals surface area (Å²) in [4.78, 5) is 9.95. The fourth-order valence-corrected chi connectivity index (χ4v) is 0.102. The quantitative estimate of drug-likeness (QED) is 0.521. The number of carbonyl (C=O) groups excluding carboxylic acids is 1. The summed E-state index contributed by atoms with van der Waals surface area (Å²) in [5, 5.41) is 10.4. The molecule has 0 rings (SSSR count). The Hall–Kier alpha value is -0.830. The van der Waals surface area contributed by atoms with E-state index in [9.17, 15) is 4.79 Å². The summed E-state index contributed by atoms with van der Waals surface area (Å²) in [7, 11) is 1.56. The molecular formula is C7H15NO2. The molecule has 0 heterocycles. The molecule has 0 bridgehead atoms. The number of aliphatic hydroxyl groups excluding tert-OH is 1. The molecule has 0 radical (unpaired) electrons. The number of likely N-dealkylation sites (N-methyl/N-ethyl adjacent to an activating group) is 1. The van der Waals surface area contributed by atoms with Crippen LogP contribution in [-0.2, 0) is 4.79 Å². The minimum atomic E-state index is -0.167. The summed E-state index contributed by atoms with van der Waals surface area (Å²) in [6.45, 7) is 6.66. The van der Waals surface area contributed by atoms with Gasteiger partial charge >= 0.3 is 0 Å². The highest BCUT2D eigenvalue weighted by Crippen LogP contribution is 1.65. The third-order valence-electron chi connectivity index (χ3n) is 0.432. The highest BCUT2D eigenvalue weighted by atomic mass is 16.3. The summed E-state index contributed by atoms with van der Waals surface area (Å²) in [6, 6.07) is 0. The second-order valence-electron chi connectivity index (χ2n) is 1.91. The first-order valence-corrected chi connectivity index (χ1v) is 3.06. The molecule has 3 heteroatoms. The third kappa shape index (κ3) is 27.2. The summed E-state index contributed by atoms with van der Waals surface area (Å²) in [5.41, 5.74) is 0. The van der Waals surface area contributed by atoms with Crippen LogP contribution in [0.5, 0.6) is 0 Å². The lowest BCUT2D eigenvalue weighted by molar-refractivity contribution is -0.116. The molecule has 0 aromatic carbocycles. The number of nitrogens with one attached hydrogen (secondary N) is 1. The van der Waals surface area contributed by atoms with Gasteiger partial charge in [-0.25, -0.2) is 0 Å². The maximum absolute atomic E-state index is 9.95. The van der Waals surface area contributed by atoms with E-state index < -0.39 is 0 Å². The third-order valence-corrected chi connectivity index (χ3v) is 0.432. The monoisotopic (exact) mass is 145 g/mol. The van der Waals surface area contributed by atoms with Gasteiger partial charge in [0.1, 0.15) is 0 Å². The Bertz CT molecular complexity index is 97.0. The topological polar surface area (TPSA) is 49.3 Å². The zero-order valence-electron chi connectivity index (χ0n) is 6.72. The van der Waals surface area contributed by atoms with Crippen molar-refractivity contribution in [1.29, 1.82) is 0 Å². The van der Waals surface area contributed by atoms with Gasteiger partial charge in [-0.15, -0.1) is 0 Å². The largest absolute Gasteiger partial charge is 0.394 e. The van der Waals surface area contributed by atoms with Crippen LogP contribution in [0, 0.1) is 0 Å². The second kappa shape index (κ2) is 8.17. The van der Waals surface area contributed by atoms with Crippen LogP contribution in [-0.4, -0.2) is 24.2 Å². The normalized spacial score (nSPS) is 7.70. The van der Waals surface area contributed by atoms with E-state index in [1.807, 2.05) is 0 Å². The molecule has 0 aliphatic rings.